The fourth-order valence-corrected chi connectivity index (χ4v) is 1.88. The Morgan fingerprint density at radius 1 is 1.20 bits per heavy atom. The maximum atomic E-state index is 5.67. The van der Waals surface area contributed by atoms with Crippen molar-refractivity contribution in [1.82, 2.24) is 19.5 Å². The summed E-state index contributed by atoms with van der Waals surface area (Å²) in [5.74, 6) is 1.79. The second-order valence-corrected chi connectivity index (χ2v) is 4.46. The third-order valence-corrected chi connectivity index (χ3v) is 2.81. The number of hydrogen-bond donors (Lipinski definition) is 3. The van der Waals surface area contributed by atoms with Crippen LogP contribution in [0.4, 0.5) is 17.6 Å². The topological polar surface area (TPSA) is 93.7 Å². The number of rotatable bonds is 8. The minimum Gasteiger partial charge on any atom is -0.370 e. The van der Waals surface area contributed by atoms with E-state index in [1.165, 1.54) is 0 Å². The predicted octanol–water partition coefficient (Wildman–Crippen LogP) is 1.58. The Labute approximate surface area is 118 Å². The molecule has 4 N–H and O–H groups in total. The highest BCUT2D eigenvalue weighted by molar-refractivity contribution is 5.50. The molecule has 2 heterocycles. The lowest BCUT2D eigenvalue weighted by Gasteiger charge is -2.09. The van der Waals surface area contributed by atoms with Gasteiger partial charge in [0, 0.05) is 38.1 Å². The van der Waals surface area contributed by atoms with E-state index >= 15 is 0 Å². The third kappa shape index (κ3) is 4.42. The second-order valence-electron chi connectivity index (χ2n) is 4.46. The van der Waals surface area contributed by atoms with Crippen molar-refractivity contribution in [2.45, 2.75) is 26.3 Å². The number of hydrogen-bond acceptors (Lipinski definition) is 6. The summed E-state index contributed by atoms with van der Waals surface area (Å²) in [7, 11) is 0. The molecule has 0 aromatic carbocycles. The maximum Gasteiger partial charge on any atom is 0.223 e. The van der Waals surface area contributed by atoms with Gasteiger partial charge < -0.3 is 20.9 Å². The highest BCUT2D eigenvalue weighted by Crippen LogP contribution is 2.12. The summed E-state index contributed by atoms with van der Waals surface area (Å²) in [6.45, 7) is 4.66. The molecule has 0 aliphatic rings. The lowest BCUT2D eigenvalue weighted by Crippen LogP contribution is -2.09. The molecular weight excluding hydrogens is 254 g/mol. The van der Waals surface area contributed by atoms with Gasteiger partial charge in [0.1, 0.15) is 11.6 Å². The third-order valence-electron chi connectivity index (χ3n) is 2.81. The first-order valence-electron chi connectivity index (χ1n) is 6.86. The molecule has 0 atom stereocenters. The van der Waals surface area contributed by atoms with E-state index < -0.39 is 0 Å². The summed E-state index contributed by atoms with van der Waals surface area (Å²) in [5.41, 5.74) is 5.67. The van der Waals surface area contributed by atoms with Crippen molar-refractivity contribution in [3.05, 3.63) is 24.8 Å². The average Bonchev–Trinajstić information content (AvgIpc) is 2.91. The molecule has 0 saturated heterocycles. The first-order valence-corrected chi connectivity index (χ1v) is 6.86. The lowest BCUT2D eigenvalue weighted by atomic mass is 10.3. The molecular formula is C13H21N7. The van der Waals surface area contributed by atoms with Gasteiger partial charge >= 0.3 is 0 Å². The number of imidazole rings is 1. The quantitative estimate of drug-likeness (QED) is 0.633. The fraction of sp³-hybridized carbons (Fsp3) is 0.462. The summed E-state index contributed by atoms with van der Waals surface area (Å²) in [6, 6.07) is 1.87. The highest BCUT2D eigenvalue weighted by Gasteiger charge is 2.01. The second kappa shape index (κ2) is 7.32. The smallest absolute Gasteiger partial charge is 0.223 e. The van der Waals surface area contributed by atoms with Gasteiger partial charge in [-0.3, -0.25) is 0 Å². The Kier molecular flexibility index (Phi) is 5.16. The molecule has 0 fully saturated rings. The Hall–Kier alpha value is -2.31. The van der Waals surface area contributed by atoms with Crippen molar-refractivity contribution >= 4 is 17.6 Å². The zero-order valence-corrected chi connectivity index (χ0v) is 11.7. The van der Waals surface area contributed by atoms with Crippen LogP contribution in [0.3, 0.4) is 0 Å². The van der Waals surface area contributed by atoms with E-state index in [2.05, 4.69) is 30.2 Å². The van der Waals surface area contributed by atoms with E-state index in [4.69, 9.17) is 5.73 Å². The summed E-state index contributed by atoms with van der Waals surface area (Å²) in [6.07, 6.45) is 7.75. The van der Waals surface area contributed by atoms with Gasteiger partial charge in [-0.25, -0.2) is 4.98 Å². The summed E-state index contributed by atoms with van der Waals surface area (Å²) < 4.78 is 2.08. The standard InChI is InChI=1S/C13H21N7/c1-2-16-11-9-12(19-13(14)18-11)17-5-3-4-7-20-8-6-15-10-20/h6,8-10H,2-5,7H2,1H3,(H4,14,16,17,18,19). The molecule has 2 aromatic rings. The van der Waals surface area contributed by atoms with Crippen LogP contribution in [0.25, 0.3) is 0 Å². The lowest BCUT2D eigenvalue weighted by molar-refractivity contribution is 0.620. The largest absolute Gasteiger partial charge is 0.370 e. The van der Waals surface area contributed by atoms with Gasteiger partial charge in [0.05, 0.1) is 6.33 Å². The van der Waals surface area contributed by atoms with Crippen LogP contribution >= 0.6 is 0 Å². The Balaban J connectivity index is 1.73. The molecule has 0 saturated carbocycles. The summed E-state index contributed by atoms with van der Waals surface area (Å²) in [5, 5.41) is 6.40. The minimum absolute atomic E-state index is 0.282. The predicted molar refractivity (Wildman–Crippen MR) is 80.6 cm³/mol. The van der Waals surface area contributed by atoms with Crippen molar-refractivity contribution in [2.75, 3.05) is 29.5 Å². The van der Waals surface area contributed by atoms with E-state index in [0.717, 1.165) is 44.1 Å². The Morgan fingerprint density at radius 3 is 2.70 bits per heavy atom. The van der Waals surface area contributed by atoms with Gasteiger partial charge in [-0.15, -0.1) is 0 Å². The van der Waals surface area contributed by atoms with Gasteiger partial charge in [-0.1, -0.05) is 0 Å². The van der Waals surface area contributed by atoms with Gasteiger partial charge in [-0.2, -0.15) is 9.97 Å². The minimum atomic E-state index is 0.282. The number of nitrogens with zero attached hydrogens (tertiary/aromatic N) is 4. The monoisotopic (exact) mass is 275 g/mol. The van der Waals surface area contributed by atoms with E-state index in [1.807, 2.05) is 25.5 Å². The Bertz CT molecular complexity index is 509. The fourth-order valence-electron chi connectivity index (χ4n) is 1.88. The van der Waals surface area contributed by atoms with Crippen LogP contribution in [0.15, 0.2) is 24.8 Å². The van der Waals surface area contributed by atoms with Gasteiger partial charge in [0.15, 0.2) is 0 Å². The number of anilines is 3. The normalized spacial score (nSPS) is 10.4. The number of nitrogens with two attached hydrogens (primary N) is 1. The molecule has 0 spiro atoms. The van der Waals surface area contributed by atoms with Crippen LogP contribution in [-0.2, 0) is 6.54 Å². The number of unbranched alkanes of at least 4 members (excludes halogenated alkanes) is 1. The first-order chi connectivity index (χ1) is 9.78. The number of aryl methyl sites for hydroxylation is 1. The molecule has 0 aliphatic carbocycles. The Morgan fingerprint density at radius 2 is 2.00 bits per heavy atom. The number of nitrogen functional groups attached to an aromatic ring is 1. The number of aromatic nitrogens is 4. The van der Waals surface area contributed by atoms with Crippen LogP contribution in [0.5, 0.6) is 0 Å². The van der Waals surface area contributed by atoms with Gasteiger partial charge in [-0.05, 0) is 19.8 Å². The van der Waals surface area contributed by atoms with Crippen LogP contribution in [0.1, 0.15) is 19.8 Å². The van der Waals surface area contributed by atoms with Crippen LogP contribution in [0, 0.1) is 0 Å². The van der Waals surface area contributed by atoms with Crippen molar-refractivity contribution in [1.29, 1.82) is 0 Å². The van der Waals surface area contributed by atoms with Crippen molar-refractivity contribution in [3.63, 3.8) is 0 Å². The molecule has 0 aliphatic heterocycles. The molecule has 0 radical (unpaired) electrons. The molecule has 108 valence electrons. The molecule has 7 nitrogen and oxygen atoms in total. The maximum absolute atomic E-state index is 5.67. The van der Waals surface area contributed by atoms with Gasteiger partial charge in [0.25, 0.3) is 0 Å². The zero-order valence-electron chi connectivity index (χ0n) is 11.7. The van der Waals surface area contributed by atoms with Crippen molar-refractivity contribution < 1.29 is 0 Å². The molecule has 2 rings (SSSR count). The van der Waals surface area contributed by atoms with Gasteiger partial charge in [0.2, 0.25) is 5.95 Å². The van der Waals surface area contributed by atoms with Crippen LogP contribution in [0.2, 0.25) is 0 Å². The van der Waals surface area contributed by atoms with E-state index in [-0.39, 0.29) is 5.95 Å². The molecule has 7 heteroatoms. The SMILES string of the molecule is CCNc1cc(NCCCCn2ccnc2)nc(N)n1. The molecule has 2 aromatic heterocycles. The van der Waals surface area contributed by atoms with Crippen molar-refractivity contribution in [2.24, 2.45) is 0 Å². The van der Waals surface area contributed by atoms with E-state index in [9.17, 15) is 0 Å². The van der Waals surface area contributed by atoms with Crippen LogP contribution < -0.4 is 16.4 Å². The highest BCUT2D eigenvalue weighted by atomic mass is 15.1. The molecule has 0 unspecified atom stereocenters. The molecule has 0 bridgehead atoms. The van der Waals surface area contributed by atoms with Crippen molar-refractivity contribution in [3.8, 4) is 0 Å². The van der Waals surface area contributed by atoms with Crippen LogP contribution in [-0.4, -0.2) is 32.6 Å². The average molecular weight is 275 g/mol. The zero-order chi connectivity index (χ0) is 14.2. The number of nitrogens with one attached hydrogen (secondary N) is 2. The van der Waals surface area contributed by atoms with E-state index in [0.29, 0.717) is 0 Å². The summed E-state index contributed by atoms with van der Waals surface area (Å²) >= 11 is 0. The first kappa shape index (κ1) is 14.1. The molecule has 20 heavy (non-hydrogen) atoms. The summed E-state index contributed by atoms with van der Waals surface area (Å²) in [4.78, 5) is 12.3. The molecule has 0 amide bonds. The van der Waals surface area contributed by atoms with E-state index in [1.54, 1.807) is 6.20 Å².